The van der Waals surface area contributed by atoms with Gasteiger partial charge in [0.2, 0.25) is 5.91 Å². The highest BCUT2D eigenvalue weighted by Gasteiger charge is 2.24. The maximum Gasteiger partial charge on any atom is 0.333 e. The van der Waals surface area contributed by atoms with E-state index in [-0.39, 0.29) is 18.2 Å². The molecule has 3 aromatic rings. The number of anilines is 2. The summed E-state index contributed by atoms with van der Waals surface area (Å²) in [6, 6.07) is 4.03. The molecule has 4 rings (SSSR count). The summed E-state index contributed by atoms with van der Waals surface area (Å²) in [6.07, 6.45) is 2.07. The van der Waals surface area contributed by atoms with E-state index in [1.807, 2.05) is 0 Å². The number of piperidine rings is 1. The molecule has 8 nitrogen and oxygen atoms in total. The van der Waals surface area contributed by atoms with Gasteiger partial charge in [-0.05, 0) is 57.2 Å². The molecular formula is C23H28FN5O3S. The van der Waals surface area contributed by atoms with Gasteiger partial charge in [0.05, 0.1) is 0 Å². The second-order valence-corrected chi connectivity index (χ2v) is 9.95. The van der Waals surface area contributed by atoms with Gasteiger partial charge >= 0.3 is 5.69 Å². The molecule has 1 fully saturated rings. The van der Waals surface area contributed by atoms with Gasteiger partial charge < -0.3 is 10.2 Å². The Morgan fingerprint density at radius 2 is 1.97 bits per heavy atom. The summed E-state index contributed by atoms with van der Waals surface area (Å²) in [5.74, 6) is -0.292. The summed E-state index contributed by atoms with van der Waals surface area (Å²) in [6.45, 7) is 8.69. The Balaban J connectivity index is 1.73. The molecule has 1 amide bonds. The molecule has 1 saturated heterocycles. The van der Waals surface area contributed by atoms with E-state index >= 15 is 0 Å². The fourth-order valence-corrected chi connectivity index (χ4v) is 5.05. The summed E-state index contributed by atoms with van der Waals surface area (Å²) in [5.41, 5.74) is 0.00188. The lowest BCUT2D eigenvalue weighted by atomic mass is 10.00. The molecule has 0 unspecified atom stereocenters. The maximum atomic E-state index is 13.9. The quantitative estimate of drug-likeness (QED) is 0.613. The van der Waals surface area contributed by atoms with Crippen LogP contribution in [0.1, 0.15) is 45.2 Å². The van der Waals surface area contributed by atoms with Crippen molar-refractivity contribution in [2.24, 2.45) is 5.92 Å². The third kappa shape index (κ3) is 4.57. The molecule has 1 aliphatic rings. The van der Waals surface area contributed by atoms with E-state index in [2.05, 4.69) is 22.1 Å². The van der Waals surface area contributed by atoms with Crippen LogP contribution < -0.4 is 21.5 Å². The van der Waals surface area contributed by atoms with Crippen LogP contribution in [0.4, 0.5) is 15.2 Å². The Kier molecular flexibility index (Phi) is 6.38. The van der Waals surface area contributed by atoms with E-state index in [1.165, 1.54) is 22.0 Å². The van der Waals surface area contributed by atoms with Crippen molar-refractivity contribution in [3.8, 4) is 0 Å². The van der Waals surface area contributed by atoms with Gasteiger partial charge in [0, 0.05) is 24.8 Å². The molecule has 2 aromatic heterocycles. The number of hydrogen-bond donors (Lipinski definition) is 1. The number of aryl methyl sites for hydroxylation is 1. The van der Waals surface area contributed by atoms with Gasteiger partial charge in [0.1, 0.15) is 17.1 Å². The molecule has 176 valence electrons. The zero-order valence-corrected chi connectivity index (χ0v) is 20.0. The molecule has 0 radical (unpaired) electrons. The Morgan fingerprint density at radius 3 is 2.61 bits per heavy atom. The van der Waals surface area contributed by atoms with Crippen LogP contribution in [0.3, 0.4) is 0 Å². The van der Waals surface area contributed by atoms with Gasteiger partial charge in [0.15, 0.2) is 10.8 Å². The topological polar surface area (TPSA) is 89.2 Å². The Labute approximate surface area is 194 Å². The van der Waals surface area contributed by atoms with Crippen molar-refractivity contribution in [3.05, 3.63) is 50.4 Å². The number of nitrogens with zero attached hydrogens (tertiary/aromatic N) is 4. The lowest BCUT2D eigenvalue weighted by Gasteiger charge is -2.29. The first-order valence-electron chi connectivity index (χ1n) is 11.1. The van der Waals surface area contributed by atoms with E-state index in [4.69, 9.17) is 0 Å². The van der Waals surface area contributed by atoms with Crippen LogP contribution in [0, 0.1) is 18.7 Å². The summed E-state index contributed by atoms with van der Waals surface area (Å²) in [5, 5.41) is 3.31. The number of benzene rings is 1. The molecule has 33 heavy (non-hydrogen) atoms. The fourth-order valence-electron chi connectivity index (χ4n) is 3.99. The van der Waals surface area contributed by atoms with Crippen molar-refractivity contribution in [2.45, 2.75) is 53.1 Å². The van der Waals surface area contributed by atoms with Crippen molar-refractivity contribution >= 4 is 38.4 Å². The number of carbonyl (C=O) groups is 1. The fraction of sp³-hybridized carbons (Fsp3) is 0.478. The summed E-state index contributed by atoms with van der Waals surface area (Å²) >= 11 is 1.26. The summed E-state index contributed by atoms with van der Waals surface area (Å²) in [4.78, 5) is 45.8. The van der Waals surface area contributed by atoms with Gasteiger partial charge in [-0.2, -0.15) is 0 Å². The molecular weight excluding hydrogens is 445 g/mol. The van der Waals surface area contributed by atoms with Crippen LogP contribution in [-0.4, -0.2) is 33.1 Å². The molecule has 0 atom stereocenters. The molecule has 1 aliphatic heterocycles. The normalized spacial score (nSPS) is 14.9. The molecule has 1 aromatic carbocycles. The first kappa shape index (κ1) is 23.2. The lowest BCUT2D eigenvalue weighted by Crippen LogP contribution is -2.42. The second-order valence-electron chi connectivity index (χ2n) is 8.97. The van der Waals surface area contributed by atoms with Crippen LogP contribution in [0.2, 0.25) is 0 Å². The van der Waals surface area contributed by atoms with Crippen LogP contribution in [0.15, 0.2) is 27.8 Å². The van der Waals surface area contributed by atoms with Gasteiger partial charge in [-0.15, -0.1) is 0 Å². The van der Waals surface area contributed by atoms with Crippen molar-refractivity contribution in [1.82, 2.24) is 14.1 Å². The van der Waals surface area contributed by atoms with E-state index in [1.54, 1.807) is 32.9 Å². The number of hydrogen-bond acceptors (Lipinski definition) is 6. The van der Waals surface area contributed by atoms with Crippen LogP contribution in [-0.2, 0) is 11.3 Å². The Bertz CT molecular complexity index is 1320. The van der Waals surface area contributed by atoms with Gasteiger partial charge in [-0.25, -0.2) is 14.2 Å². The zero-order valence-electron chi connectivity index (χ0n) is 19.2. The number of amides is 1. The highest BCUT2D eigenvalue weighted by molar-refractivity contribution is 7.22. The number of carbonyl (C=O) groups excluding carboxylic acids is 1. The van der Waals surface area contributed by atoms with Crippen LogP contribution in [0.25, 0.3) is 10.3 Å². The number of nitrogens with one attached hydrogen (secondary N) is 1. The largest absolute Gasteiger partial charge is 0.348 e. The number of aromatic nitrogens is 3. The number of thiazole rings is 1. The minimum absolute atomic E-state index is 0.214. The minimum Gasteiger partial charge on any atom is -0.348 e. The van der Waals surface area contributed by atoms with Crippen LogP contribution in [0.5, 0.6) is 0 Å². The molecule has 0 spiro atoms. The number of rotatable bonds is 5. The van der Waals surface area contributed by atoms with E-state index < -0.39 is 23.0 Å². The van der Waals surface area contributed by atoms with Crippen molar-refractivity contribution in [3.63, 3.8) is 0 Å². The van der Waals surface area contributed by atoms with E-state index in [0.717, 1.165) is 30.5 Å². The van der Waals surface area contributed by atoms with E-state index in [9.17, 15) is 18.8 Å². The molecule has 0 bridgehead atoms. The number of fused-ring (bicyclic) bond motifs is 1. The van der Waals surface area contributed by atoms with Gasteiger partial charge in [-0.3, -0.25) is 18.7 Å². The average Bonchev–Trinajstić information content (AvgIpc) is 3.20. The van der Waals surface area contributed by atoms with Gasteiger partial charge in [0.25, 0.3) is 5.56 Å². The Hall–Kier alpha value is -3.01. The summed E-state index contributed by atoms with van der Waals surface area (Å²) < 4.78 is 16.6. The molecule has 0 saturated carbocycles. The maximum absolute atomic E-state index is 13.9. The first-order valence-corrected chi connectivity index (χ1v) is 11.9. The summed E-state index contributed by atoms with van der Waals surface area (Å²) in [7, 11) is 0. The number of halogens is 1. The third-order valence-electron chi connectivity index (χ3n) is 6.03. The lowest BCUT2D eigenvalue weighted by molar-refractivity contribution is -0.116. The van der Waals surface area contributed by atoms with Crippen molar-refractivity contribution in [1.29, 1.82) is 0 Å². The predicted molar refractivity (Wildman–Crippen MR) is 129 cm³/mol. The Morgan fingerprint density at radius 1 is 1.27 bits per heavy atom. The predicted octanol–water partition coefficient (Wildman–Crippen LogP) is 3.52. The second kappa shape index (κ2) is 9.09. The molecule has 1 N–H and O–H groups in total. The van der Waals surface area contributed by atoms with E-state index in [0.29, 0.717) is 27.0 Å². The van der Waals surface area contributed by atoms with Crippen molar-refractivity contribution < 1.29 is 9.18 Å². The third-order valence-corrected chi connectivity index (χ3v) is 7.12. The first-order chi connectivity index (χ1) is 15.7. The molecule has 0 aliphatic carbocycles. The zero-order chi connectivity index (χ0) is 23.9. The van der Waals surface area contributed by atoms with Gasteiger partial charge in [-0.1, -0.05) is 24.3 Å². The highest BCUT2D eigenvalue weighted by Crippen LogP contribution is 2.29. The minimum atomic E-state index is -0.586. The smallest absolute Gasteiger partial charge is 0.333 e. The monoisotopic (exact) mass is 473 g/mol. The molecule has 10 heteroatoms. The van der Waals surface area contributed by atoms with Crippen molar-refractivity contribution in [2.75, 3.05) is 23.3 Å². The standard InChI is InChI=1S/C23H28FN5O3S/c1-13(2)29-21(31)19-20(26-22(33-19)27-9-7-14(3)8-10-27)28(23(29)32)12-18(30)25-16-6-5-15(4)17(24)11-16/h5-6,11,13-14H,7-10,12H2,1-4H3,(H,25,30). The SMILES string of the molecule is Cc1ccc(NC(=O)Cn2c(=O)n(C(C)C)c(=O)c3sc(N4CCC(C)CC4)nc32)cc1F. The highest BCUT2D eigenvalue weighted by atomic mass is 32.1. The van der Waals surface area contributed by atoms with Crippen LogP contribution >= 0.6 is 11.3 Å². The molecule has 3 heterocycles. The average molecular weight is 474 g/mol.